The second kappa shape index (κ2) is 9.49. The van der Waals surface area contributed by atoms with Gasteiger partial charge in [0.1, 0.15) is 11.5 Å². The van der Waals surface area contributed by atoms with Crippen molar-refractivity contribution in [2.75, 3.05) is 19.5 Å². The summed E-state index contributed by atoms with van der Waals surface area (Å²) in [7, 11) is -0.431. The molecule has 0 aliphatic rings. The predicted molar refractivity (Wildman–Crippen MR) is 127 cm³/mol. The number of hydrogen-bond acceptors (Lipinski definition) is 7. The zero-order valence-electron chi connectivity index (χ0n) is 18.6. The molecule has 0 bridgehead atoms. The number of fused-ring (bicyclic) bond motifs is 1. The molecular weight excluding hydrogens is 458 g/mol. The van der Waals surface area contributed by atoms with Crippen LogP contribution in [-0.2, 0) is 22.3 Å². The minimum atomic E-state index is -3.62. The van der Waals surface area contributed by atoms with E-state index in [4.69, 9.17) is 14.6 Å². The van der Waals surface area contributed by atoms with Crippen LogP contribution in [0.25, 0.3) is 11.0 Å². The lowest BCUT2D eigenvalue weighted by Crippen LogP contribution is -2.15. The quantitative estimate of drug-likeness (QED) is 0.394. The number of methoxy groups -OCH3 is 2. The molecule has 176 valence electrons. The van der Waals surface area contributed by atoms with E-state index in [9.17, 15) is 13.2 Å². The van der Waals surface area contributed by atoms with Crippen LogP contribution in [0.5, 0.6) is 11.5 Å². The Morgan fingerprint density at radius 2 is 1.82 bits per heavy atom. The number of nitrogens with zero attached hydrogens (tertiary/aromatic N) is 3. The summed E-state index contributed by atoms with van der Waals surface area (Å²) in [6.07, 6.45) is 3.13. The normalized spacial score (nSPS) is 11.4. The number of ether oxygens (including phenoxy) is 2. The Hall–Kier alpha value is -3.96. The summed E-state index contributed by atoms with van der Waals surface area (Å²) in [5.74, 6) is 0.750. The van der Waals surface area contributed by atoms with Crippen LogP contribution in [0.2, 0.25) is 0 Å². The predicted octanol–water partition coefficient (Wildman–Crippen LogP) is 2.54. The van der Waals surface area contributed by atoms with Gasteiger partial charge in [0.15, 0.2) is 5.65 Å². The van der Waals surface area contributed by atoms with Gasteiger partial charge in [-0.05, 0) is 35.9 Å². The average molecular weight is 482 g/mol. The lowest BCUT2D eigenvalue weighted by Gasteiger charge is -2.11. The molecule has 4 rings (SSSR count). The molecule has 0 aliphatic carbocycles. The van der Waals surface area contributed by atoms with E-state index in [0.717, 1.165) is 5.56 Å². The fraction of sp³-hybridized carbons (Fsp3) is 0.174. The minimum absolute atomic E-state index is 0.270. The summed E-state index contributed by atoms with van der Waals surface area (Å²) in [4.78, 5) is 17.1. The van der Waals surface area contributed by atoms with Crippen LogP contribution in [0.3, 0.4) is 0 Å². The van der Waals surface area contributed by atoms with Gasteiger partial charge in [0.2, 0.25) is 10.0 Å². The summed E-state index contributed by atoms with van der Waals surface area (Å²) >= 11 is 0. The fourth-order valence-electron chi connectivity index (χ4n) is 3.48. The van der Waals surface area contributed by atoms with E-state index in [1.807, 2.05) is 12.1 Å². The molecule has 10 nitrogen and oxygen atoms in total. The van der Waals surface area contributed by atoms with Gasteiger partial charge < -0.3 is 14.8 Å². The summed E-state index contributed by atoms with van der Waals surface area (Å²) in [5, 5.41) is 12.9. The molecule has 2 heterocycles. The number of anilines is 1. The van der Waals surface area contributed by atoms with E-state index in [1.54, 1.807) is 61.5 Å². The Balaban J connectivity index is 1.50. The number of carbonyl (C=O) groups is 1. The highest BCUT2D eigenvalue weighted by atomic mass is 32.2. The smallest absolute Gasteiger partial charge is 0.257 e. The molecular formula is C23H23N5O5S. The lowest BCUT2D eigenvalue weighted by molar-refractivity contribution is 0.102. The molecule has 2 aromatic heterocycles. The molecule has 0 radical (unpaired) electrons. The Labute approximate surface area is 196 Å². The van der Waals surface area contributed by atoms with Gasteiger partial charge >= 0.3 is 0 Å². The van der Waals surface area contributed by atoms with Crippen molar-refractivity contribution in [3.8, 4) is 11.5 Å². The Morgan fingerprint density at radius 1 is 1.06 bits per heavy atom. The van der Waals surface area contributed by atoms with Gasteiger partial charge in [-0.15, -0.1) is 0 Å². The van der Waals surface area contributed by atoms with Crippen LogP contribution in [0.15, 0.2) is 60.9 Å². The van der Waals surface area contributed by atoms with Gasteiger partial charge in [0, 0.05) is 28.9 Å². The number of primary sulfonamides is 1. The van der Waals surface area contributed by atoms with Crippen LogP contribution >= 0.6 is 0 Å². The van der Waals surface area contributed by atoms with Crippen LogP contribution in [0, 0.1) is 0 Å². The van der Waals surface area contributed by atoms with Gasteiger partial charge in [0.25, 0.3) is 5.91 Å². The van der Waals surface area contributed by atoms with Crippen LogP contribution in [-0.4, -0.2) is 43.3 Å². The van der Waals surface area contributed by atoms with Gasteiger partial charge in [-0.1, -0.05) is 12.1 Å². The molecule has 0 spiro atoms. The topological polar surface area (TPSA) is 138 Å². The van der Waals surface area contributed by atoms with E-state index in [2.05, 4.69) is 15.4 Å². The zero-order chi connectivity index (χ0) is 24.3. The summed E-state index contributed by atoms with van der Waals surface area (Å²) < 4.78 is 34.8. The number of rotatable bonds is 8. The second-order valence-electron chi connectivity index (χ2n) is 7.58. The van der Waals surface area contributed by atoms with Gasteiger partial charge in [-0.2, -0.15) is 5.10 Å². The molecule has 0 unspecified atom stereocenters. The number of sulfonamides is 1. The van der Waals surface area contributed by atoms with Crippen molar-refractivity contribution >= 4 is 32.7 Å². The highest BCUT2D eigenvalue weighted by molar-refractivity contribution is 7.88. The molecule has 2 aromatic carbocycles. The number of hydrogen-bond donors (Lipinski definition) is 2. The van der Waals surface area contributed by atoms with Gasteiger partial charge in [-0.25, -0.2) is 23.2 Å². The summed E-state index contributed by atoms with van der Waals surface area (Å²) in [6, 6.07) is 13.7. The van der Waals surface area contributed by atoms with Crippen LogP contribution in [0.1, 0.15) is 21.5 Å². The first-order chi connectivity index (χ1) is 16.3. The Bertz CT molecular complexity index is 1450. The van der Waals surface area contributed by atoms with Crippen molar-refractivity contribution in [1.29, 1.82) is 0 Å². The number of pyridine rings is 1. The third-order valence-corrected chi connectivity index (χ3v) is 5.87. The first kappa shape index (κ1) is 23.2. The molecule has 0 saturated carbocycles. The van der Waals surface area contributed by atoms with Crippen molar-refractivity contribution in [3.63, 3.8) is 0 Å². The third kappa shape index (κ3) is 5.33. The molecule has 3 N–H and O–H groups in total. The molecule has 1 amide bonds. The van der Waals surface area contributed by atoms with Crippen molar-refractivity contribution in [2.45, 2.75) is 12.3 Å². The molecule has 34 heavy (non-hydrogen) atoms. The maximum absolute atomic E-state index is 12.7. The van der Waals surface area contributed by atoms with E-state index >= 15 is 0 Å². The maximum Gasteiger partial charge on any atom is 0.257 e. The van der Waals surface area contributed by atoms with E-state index in [0.29, 0.717) is 45.9 Å². The van der Waals surface area contributed by atoms with Crippen molar-refractivity contribution in [2.24, 2.45) is 5.14 Å². The number of nitrogens with two attached hydrogens (primary N) is 1. The Morgan fingerprint density at radius 3 is 2.50 bits per heavy atom. The molecule has 0 aliphatic heterocycles. The number of benzene rings is 2. The first-order valence-corrected chi connectivity index (χ1v) is 11.9. The number of amides is 1. The minimum Gasteiger partial charge on any atom is -0.497 e. The fourth-order valence-corrected chi connectivity index (χ4v) is 4.13. The molecule has 11 heteroatoms. The highest BCUT2D eigenvalue weighted by Crippen LogP contribution is 2.26. The van der Waals surface area contributed by atoms with Crippen molar-refractivity contribution in [3.05, 3.63) is 77.6 Å². The van der Waals surface area contributed by atoms with Gasteiger partial charge in [0.05, 0.1) is 38.3 Å². The lowest BCUT2D eigenvalue weighted by atomic mass is 10.2. The standard InChI is InChI=1S/C23H23N5O5S/c1-32-20-8-5-16(21(10-20)33-2)13-28-22-17(12-26-28)9-18(11-25-22)23(29)27-19-6-3-15(4-7-19)14-34(24,30)31/h3-12H,13-14H2,1-2H3,(H,27,29)(H2,24,30,31). The summed E-state index contributed by atoms with van der Waals surface area (Å²) in [6.45, 7) is 0.431. The number of aromatic nitrogens is 3. The number of nitrogens with one attached hydrogen (secondary N) is 1. The third-order valence-electron chi connectivity index (χ3n) is 5.13. The van der Waals surface area contributed by atoms with Crippen LogP contribution < -0.4 is 19.9 Å². The van der Waals surface area contributed by atoms with E-state index in [-0.39, 0.29) is 11.7 Å². The monoisotopic (exact) mass is 481 g/mol. The van der Waals surface area contributed by atoms with Crippen LogP contribution in [0.4, 0.5) is 5.69 Å². The van der Waals surface area contributed by atoms with Crippen molar-refractivity contribution in [1.82, 2.24) is 14.8 Å². The average Bonchev–Trinajstić information content (AvgIpc) is 3.21. The molecule has 0 saturated heterocycles. The highest BCUT2D eigenvalue weighted by Gasteiger charge is 2.13. The second-order valence-corrected chi connectivity index (χ2v) is 9.19. The SMILES string of the molecule is COc1ccc(Cn2ncc3cc(C(=O)Nc4ccc(CS(N)(=O)=O)cc4)cnc32)c(OC)c1. The first-order valence-electron chi connectivity index (χ1n) is 10.2. The molecule has 0 atom stereocenters. The number of carbonyl (C=O) groups excluding carboxylic acids is 1. The largest absolute Gasteiger partial charge is 0.497 e. The molecule has 4 aromatic rings. The zero-order valence-corrected chi connectivity index (χ0v) is 19.4. The van der Waals surface area contributed by atoms with Gasteiger partial charge in [-0.3, -0.25) is 4.79 Å². The molecule has 0 fully saturated rings. The van der Waals surface area contributed by atoms with E-state index < -0.39 is 10.0 Å². The Kier molecular flexibility index (Phi) is 6.48. The summed E-state index contributed by atoms with van der Waals surface area (Å²) in [5.41, 5.74) is 2.95. The maximum atomic E-state index is 12.7. The van der Waals surface area contributed by atoms with Crippen molar-refractivity contribution < 1.29 is 22.7 Å². The van der Waals surface area contributed by atoms with E-state index in [1.165, 1.54) is 6.20 Å².